The number of carbonyl (C=O) groups is 1. The normalized spacial score (nSPS) is 18.9. The summed E-state index contributed by atoms with van der Waals surface area (Å²) in [5.41, 5.74) is 1.97. The van der Waals surface area contributed by atoms with E-state index in [2.05, 4.69) is 11.6 Å². The quantitative estimate of drug-likeness (QED) is 0.600. The largest absolute Gasteiger partial charge is 0.468 e. The van der Waals surface area contributed by atoms with Crippen molar-refractivity contribution in [2.45, 2.75) is 31.7 Å². The van der Waals surface area contributed by atoms with Gasteiger partial charge in [-0.25, -0.2) is 9.78 Å². The SMILES string of the molecule is C=Cc1cc2c(nc1F)C(c1ccco1)C(C(=O)OCC)=CN2C1CC1. The first-order valence-corrected chi connectivity index (χ1v) is 8.67. The number of esters is 1. The molecule has 1 fully saturated rings. The summed E-state index contributed by atoms with van der Waals surface area (Å²) in [6.07, 6.45) is 6.80. The summed E-state index contributed by atoms with van der Waals surface area (Å²) >= 11 is 0. The highest BCUT2D eigenvalue weighted by Crippen LogP contribution is 2.45. The van der Waals surface area contributed by atoms with Crippen molar-refractivity contribution < 1.29 is 18.3 Å². The van der Waals surface area contributed by atoms with Gasteiger partial charge in [0.05, 0.1) is 35.7 Å². The zero-order chi connectivity index (χ0) is 18.3. The second kappa shape index (κ2) is 6.44. The molecule has 4 rings (SSSR count). The van der Waals surface area contributed by atoms with Crippen LogP contribution >= 0.6 is 0 Å². The van der Waals surface area contributed by atoms with Crippen molar-refractivity contribution in [3.8, 4) is 0 Å². The Kier molecular flexibility index (Phi) is 4.11. The minimum atomic E-state index is -0.615. The van der Waals surface area contributed by atoms with E-state index in [1.54, 1.807) is 31.3 Å². The molecule has 1 unspecified atom stereocenters. The van der Waals surface area contributed by atoms with Crippen molar-refractivity contribution in [2.75, 3.05) is 11.5 Å². The van der Waals surface area contributed by atoms with E-state index >= 15 is 0 Å². The van der Waals surface area contributed by atoms with Crippen LogP contribution in [0.25, 0.3) is 6.08 Å². The number of rotatable bonds is 5. The number of carbonyl (C=O) groups excluding carboxylic acids is 1. The third-order valence-electron chi connectivity index (χ3n) is 4.65. The van der Waals surface area contributed by atoms with Crippen LogP contribution in [0, 0.1) is 5.95 Å². The van der Waals surface area contributed by atoms with Gasteiger partial charge in [-0.2, -0.15) is 4.39 Å². The summed E-state index contributed by atoms with van der Waals surface area (Å²) < 4.78 is 25.2. The fourth-order valence-corrected chi connectivity index (χ4v) is 3.30. The lowest BCUT2D eigenvalue weighted by molar-refractivity contribution is -0.138. The van der Waals surface area contributed by atoms with E-state index in [4.69, 9.17) is 9.15 Å². The second-order valence-electron chi connectivity index (χ2n) is 6.37. The van der Waals surface area contributed by atoms with Crippen molar-refractivity contribution in [1.82, 2.24) is 4.98 Å². The van der Waals surface area contributed by atoms with Gasteiger partial charge in [0.25, 0.3) is 0 Å². The molecule has 2 aromatic rings. The lowest BCUT2D eigenvalue weighted by atomic mass is 9.88. The maximum Gasteiger partial charge on any atom is 0.336 e. The third kappa shape index (κ3) is 2.71. The molecular weight excluding hydrogens is 335 g/mol. The molecule has 2 aromatic heterocycles. The summed E-state index contributed by atoms with van der Waals surface area (Å²) in [5.74, 6) is -1.14. The minimum absolute atomic E-state index is 0.258. The van der Waals surface area contributed by atoms with E-state index in [-0.39, 0.29) is 12.6 Å². The maximum atomic E-state index is 14.4. The predicted molar refractivity (Wildman–Crippen MR) is 95.1 cm³/mol. The summed E-state index contributed by atoms with van der Waals surface area (Å²) in [5, 5.41) is 0. The van der Waals surface area contributed by atoms with Crippen LogP contribution in [-0.4, -0.2) is 23.6 Å². The van der Waals surface area contributed by atoms with Crippen molar-refractivity contribution in [3.05, 3.63) is 65.8 Å². The topological polar surface area (TPSA) is 55.6 Å². The maximum absolute atomic E-state index is 14.4. The Hall–Kier alpha value is -2.89. The van der Waals surface area contributed by atoms with Gasteiger partial charge in [0, 0.05) is 17.8 Å². The van der Waals surface area contributed by atoms with Crippen LogP contribution in [0.2, 0.25) is 0 Å². The molecule has 1 atom stereocenters. The number of halogens is 1. The molecule has 26 heavy (non-hydrogen) atoms. The number of aromatic nitrogens is 1. The second-order valence-corrected chi connectivity index (χ2v) is 6.37. The molecule has 3 heterocycles. The number of hydrogen-bond acceptors (Lipinski definition) is 5. The molecule has 0 aromatic carbocycles. The lowest BCUT2D eigenvalue weighted by Crippen LogP contribution is -2.31. The molecule has 0 radical (unpaired) electrons. The van der Waals surface area contributed by atoms with E-state index in [0.29, 0.717) is 22.6 Å². The van der Waals surface area contributed by atoms with E-state index in [1.165, 1.54) is 12.3 Å². The highest BCUT2D eigenvalue weighted by Gasteiger charge is 2.41. The van der Waals surface area contributed by atoms with Gasteiger partial charge in [-0.15, -0.1) is 0 Å². The molecule has 6 heteroatoms. The molecular formula is C20H19FN2O3. The minimum Gasteiger partial charge on any atom is -0.468 e. The fraction of sp³-hybridized carbons (Fsp3) is 0.300. The highest BCUT2D eigenvalue weighted by atomic mass is 19.1. The first-order chi connectivity index (χ1) is 12.6. The Morgan fingerprint density at radius 3 is 2.96 bits per heavy atom. The van der Waals surface area contributed by atoms with Gasteiger partial charge in [0.1, 0.15) is 5.76 Å². The molecule has 0 amide bonds. The Bertz CT molecular complexity index is 885. The summed E-state index contributed by atoms with van der Waals surface area (Å²) in [4.78, 5) is 18.8. The Morgan fingerprint density at radius 1 is 1.54 bits per heavy atom. The van der Waals surface area contributed by atoms with Crippen LogP contribution in [0.3, 0.4) is 0 Å². The third-order valence-corrected chi connectivity index (χ3v) is 4.65. The number of fused-ring (bicyclic) bond motifs is 1. The van der Waals surface area contributed by atoms with Crippen molar-refractivity contribution in [2.24, 2.45) is 0 Å². The van der Waals surface area contributed by atoms with Gasteiger partial charge in [-0.1, -0.05) is 12.7 Å². The first kappa shape index (κ1) is 16.6. The van der Waals surface area contributed by atoms with Gasteiger partial charge in [0.2, 0.25) is 5.95 Å². The molecule has 1 aliphatic carbocycles. The van der Waals surface area contributed by atoms with E-state index < -0.39 is 17.8 Å². The van der Waals surface area contributed by atoms with Crippen LogP contribution in [0.4, 0.5) is 10.1 Å². The van der Waals surface area contributed by atoms with Gasteiger partial charge in [0.15, 0.2) is 0 Å². The zero-order valence-corrected chi connectivity index (χ0v) is 14.4. The molecule has 1 saturated carbocycles. The standard InChI is InChI=1S/C20H19FN2O3/c1-3-12-10-15-18(22-19(12)21)17(16-6-5-9-26-16)14(20(24)25-4-2)11-23(15)13-7-8-13/h3,5-6,9-11,13,17H,1,4,7-8H2,2H3. The average Bonchev–Trinajstić information content (AvgIpc) is 3.34. The van der Waals surface area contributed by atoms with Gasteiger partial charge < -0.3 is 14.1 Å². The van der Waals surface area contributed by atoms with E-state index in [0.717, 1.165) is 18.5 Å². The van der Waals surface area contributed by atoms with Gasteiger partial charge in [-0.05, 0) is 38.0 Å². The summed E-state index contributed by atoms with van der Waals surface area (Å²) in [6.45, 7) is 5.67. The monoisotopic (exact) mass is 354 g/mol. The predicted octanol–water partition coefficient (Wildman–Crippen LogP) is 4.02. The number of furan rings is 1. The van der Waals surface area contributed by atoms with Crippen molar-refractivity contribution in [3.63, 3.8) is 0 Å². The van der Waals surface area contributed by atoms with E-state index in [9.17, 15) is 9.18 Å². The number of pyridine rings is 1. The molecule has 0 spiro atoms. The van der Waals surface area contributed by atoms with Crippen LogP contribution < -0.4 is 4.90 Å². The lowest BCUT2D eigenvalue weighted by Gasteiger charge is -2.32. The number of anilines is 1. The molecule has 134 valence electrons. The number of hydrogen-bond donors (Lipinski definition) is 0. The van der Waals surface area contributed by atoms with Crippen LogP contribution in [0.5, 0.6) is 0 Å². The van der Waals surface area contributed by atoms with E-state index in [1.807, 2.05) is 4.90 Å². The summed E-state index contributed by atoms with van der Waals surface area (Å²) in [6, 6.07) is 5.51. The van der Waals surface area contributed by atoms with Crippen molar-refractivity contribution in [1.29, 1.82) is 0 Å². The Balaban J connectivity index is 1.92. The van der Waals surface area contributed by atoms with Gasteiger partial charge >= 0.3 is 5.97 Å². The smallest absolute Gasteiger partial charge is 0.336 e. The molecule has 0 saturated heterocycles. The van der Waals surface area contributed by atoms with Crippen LogP contribution in [0.15, 0.2) is 47.2 Å². The summed E-state index contributed by atoms with van der Waals surface area (Å²) in [7, 11) is 0. The molecule has 5 nitrogen and oxygen atoms in total. The zero-order valence-electron chi connectivity index (χ0n) is 14.4. The first-order valence-electron chi connectivity index (χ1n) is 8.67. The van der Waals surface area contributed by atoms with Crippen LogP contribution in [-0.2, 0) is 9.53 Å². The molecule has 2 aliphatic rings. The molecule has 0 bridgehead atoms. The van der Waals surface area contributed by atoms with Crippen molar-refractivity contribution >= 4 is 17.7 Å². The molecule has 0 N–H and O–H groups in total. The average molecular weight is 354 g/mol. The van der Waals surface area contributed by atoms with Crippen LogP contribution in [0.1, 0.15) is 42.7 Å². The fourth-order valence-electron chi connectivity index (χ4n) is 3.30. The number of ether oxygens (including phenoxy) is 1. The highest BCUT2D eigenvalue weighted by molar-refractivity contribution is 5.93. The van der Waals surface area contributed by atoms with Gasteiger partial charge in [-0.3, -0.25) is 0 Å². The Labute approximate surface area is 150 Å². The number of nitrogens with zero attached hydrogens (tertiary/aromatic N) is 2. The Morgan fingerprint density at radius 2 is 2.35 bits per heavy atom. The molecule has 1 aliphatic heterocycles.